The summed E-state index contributed by atoms with van der Waals surface area (Å²) in [5.41, 5.74) is 0.484. The van der Waals surface area contributed by atoms with Gasteiger partial charge in [-0.3, -0.25) is 9.56 Å². The van der Waals surface area contributed by atoms with Crippen LogP contribution in [-0.4, -0.2) is 38.7 Å². The lowest BCUT2D eigenvalue weighted by atomic mass is 10.2. The molecule has 1 atom stereocenters. The highest BCUT2D eigenvalue weighted by Crippen LogP contribution is 2.26. The van der Waals surface area contributed by atoms with Gasteiger partial charge in [-0.05, 0) is 26.6 Å². The van der Waals surface area contributed by atoms with E-state index in [9.17, 15) is 22.0 Å². The monoisotopic (exact) mass is 375 g/mol. The fraction of sp³-hybridized carbons (Fsp3) is 0.333. The van der Waals surface area contributed by atoms with E-state index in [2.05, 4.69) is 26.9 Å². The van der Waals surface area contributed by atoms with Crippen LogP contribution in [0.2, 0.25) is 0 Å². The summed E-state index contributed by atoms with van der Waals surface area (Å²) in [4.78, 5) is 7.50. The van der Waals surface area contributed by atoms with Gasteiger partial charge in [0.2, 0.25) is 11.7 Å². The Hall–Kier alpha value is -2.85. The summed E-state index contributed by atoms with van der Waals surface area (Å²) in [6.07, 6.45) is -6.97. The molecule has 0 aliphatic rings. The molecule has 26 heavy (non-hydrogen) atoms. The maximum absolute atomic E-state index is 12.9. The number of pyridine rings is 1. The molecule has 0 unspecified atom stereocenters. The van der Waals surface area contributed by atoms with Crippen molar-refractivity contribution in [2.45, 2.75) is 32.6 Å². The highest BCUT2D eigenvalue weighted by atomic mass is 19.4. The van der Waals surface area contributed by atoms with Gasteiger partial charge >= 0.3 is 6.18 Å². The summed E-state index contributed by atoms with van der Waals surface area (Å²) in [5.74, 6) is -0.611. The van der Waals surface area contributed by atoms with E-state index >= 15 is 0 Å². The molecule has 0 bridgehead atoms. The SMILES string of the molecule is C=N/C(=C\n1c(C)nnc1C(F)F)c1ccc(O[C@H](C)C(F)(F)F)nc1. The van der Waals surface area contributed by atoms with E-state index in [1.165, 1.54) is 31.5 Å². The molecule has 2 aromatic heterocycles. The first-order valence-electron chi connectivity index (χ1n) is 7.21. The zero-order chi connectivity index (χ0) is 19.5. The molecule has 0 radical (unpaired) electrons. The molecule has 0 N–H and O–H groups in total. The lowest BCUT2D eigenvalue weighted by Gasteiger charge is -2.16. The molecular formula is C15H14F5N5O. The average molecular weight is 375 g/mol. The van der Waals surface area contributed by atoms with Crippen LogP contribution in [0.3, 0.4) is 0 Å². The summed E-state index contributed by atoms with van der Waals surface area (Å²) in [5, 5.41) is 6.95. The summed E-state index contributed by atoms with van der Waals surface area (Å²) in [6.45, 7) is 5.69. The van der Waals surface area contributed by atoms with Crippen molar-refractivity contribution in [3.8, 4) is 5.88 Å². The number of nitrogens with zero attached hydrogens (tertiary/aromatic N) is 5. The molecule has 0 saturated carbocycles. The molecule has 0 aliphatic heterocycles. The van der Waals surface area contributed by atoms with Gasteiger partial charge < -0.3 is 4.74 Å². The minimum Gasteiger partial charge on any atom is -0.465 e. The van der Waals surface area contributed by atoms with Gasteiger partial charge in [0.15, 0.2) is 6.10 Å². The van der Waals surface area contributed by atoms with Crippen LogP contribution in [0.1, 0.15) is 30.6 Å². The number of alkyl halides is 5. The van der Waals surface area contributed by atoms with E-state index in [0.717, 1.165) is 11.5 Å². The van der Waals surface area contributed by atoms with E-state index in [1.54, 1.807) is 0 Å². The van der Waals surface area contributed by atoms with Crippen LogP contribution in [0.25, 0.3) is 11.9 Å². The smallest absolute Gasteiger partial charge is 0.425 e. The number of aromatic nitrogens is 4. The van der Waals surface area contributed by atoms with Gasteiger partial charge in [-0.25, -0.2) is 13.8 Å². The Kier molecular flexibility index (Phi) is 5.68. The first kappa shape index (κ1) is 19.5. The Labute approximate surface area is 145 Å². The predicted octanol–water partition coefficient (Wildman–Crippen LogP) is 3.90. The third-order valence-electron chi connectivity index (χ3n) is 3.30. The number of halogens is 5. The molecule has 2 heterocycles. The van der Waals surface area contributed by atoms with Crippen LogP contribution in [0.15, 0.2) is 23.3 Å². The number of aryl methyl sites for hydroxylation is 1. The van der Waals surface area contributed by atoms with E-state index in [0.29, 0.717) is 5.56 Å². The molecular weight excluding hydrogens is 361 g/mol. The highest BCUT2D eigenvalue weighted by Gasteiger charge is 2.38. The van der Waals surface area contributed by atoms with Gasteiger partial charge in [-0.1, -0.05) is 0 Å². The summed E-state index contributed by atoms with van der Waals surface area (Å²) in [6, 6.07) is 2.59. The number of aliphatic imine (C=N–C) groups is 1. The number of ether oxygens (including phenoxy) is 1. The van der Waals surface area contributed by atoms with Crippen molar-refractivity contribution in [2.75, 3.05) is 0 Å². The van der Waals surface area contributed by atoms with Crippen LogP contribution >= 0.6 is 0 Å². The average Bonchev–Trinajstić information content (AvgIpc) is 2.93. The van der Waals surface area contributed by atoms with E-state index in [-0.39, 0.29) is 17.4 Å². The van der Waals surface area contributed by atoms with E-state index < -0.39 is 24.5 Å². The van der Waals surface area contributed by atoms with E-state index in [1.807, 2.05) is 0 Å². The van der Waals surface area contributed by atoms with Gasteiger partial charge in [0.05, 0.1) is 5.70 Å². The molecule has 140 valence electrons. The number of hydrogen-bond donors (Lipinski definition) is 0. The summed E-state index contributed by atoms with van der Waals surface area (Å²) in [7, 11) is 0. The van der Waals surface area contributed by atoms with Crippen LogP contribution in [-0.2, 0) is 0 Å². The molecule has 11 heteroatoms. The second-order valence-electron chi connectivity index (χ2n) is 5.14. The maximum Gasteiger partial charge on any atom is 0.425 e. The van der Waals surface area contributed by atoms with Gasteiger partial charge in [-0.15, -0.1) is 10.2 Å². The quantitative estimate of drug-likeness (QED) is 0.567. The van der Waals surface area contributed by atoms with Gasteiger partial charge in [0.1, 0.15) is 5.82 Å². The minimum absolute atomic E-state index is 0.151. The second-order valence-corrected chi connectivity index (χ2v) is 5.14. The highest BCUT2D eigenvalue weighted by molar-refractivity contribution is 5.76. The molecule has 2 aromatic rings. The molecule has 0 spiro atoms. The van der Waals surface area contributed by atoms with Crippen LogP contribution < -0.4 is 4.74 Å². The van der Waals surface area contributed by atoms with Crippen molar-refractivity contribution < 1.29 is 26.7 Å². The number of rotatable bonds is 6. The fourth-order valence-electron chi connectivity index (χ4n) is 1.87. The molecule has 0 saturated heterocycles. The van der Waals surface area contributed by atoms with Crippen LogP contribution in [0.4, 0.5) is 22.0 Å². The van der Waals surface area contributed by atoms with Crippen molar-refractivity contribution in [2.24, 2.45) is 4.99 Å². The third kappa shape index (κ3) is 4.41. The third-order valence-corrected chi connectivity index (χ3v) is 3.30. The van der Waals surface area contributed by atoms with E-state index in [4.69, 9.17) is 4.74 Å². The lowest BCUT2D eigenvalue weighted by Crippen LogP contribution is -2.31. The summed E-state index contributed by atoms with van der Waals surface area (Å²) >= 11 is 0. The standard InChI is InChI=1S/C15H14F5N5O/c1-8(15(18,19)20)26-12-5-4-10(6-22-12)11(21-3)7-25-9(2)23-24-14(25)13(16)17/h4-8,13H,3H2,1-2H3/b11-7-/t8-/m1/s1. The topological polar surface area (TPSA) is 65.2 Å². The Morgan fingerprint density at radius 3 is 2.50 bits per heavy atom. The molecule has 2 rings (SSSR count). The van der Waals surface area contributed by atoms with Gasteiger partial charge in [-0.2, -0.15) is 13.2 Å². The Balaban J connectivity index is 2.29. The molecule has 6 nitrogen and oxygen atoms in total. The van der Waals surface area contributed by atoms with Crippen molar-refractivity contribution in [3.63, 3.8) is 0 Å². The van der Waals surface area contributed by atoms with Crippen molar-refractivity contribution >= 4 is 18.6 Å². The molecule has 0 amide bonds. The van der Waals surface area contributed by atoms with Gasteiger partial charge in [0, 0.05) is 24.0 Å². The zero-order valence-electron chi connectivity index (χ0n) is 13.7. The zero-order valence-corrected chi connectivity index (χ0v) is 13.7. The first-order chi connectivity index (χ1) is 12.1. The Bertz CT molecular complexity index is 798. The maximum atomic E-state index is 12.9. The number of hydrogen-bond acceptors (Lipinski definition) is 5. The molecule has 0 aromatic carbocycles. The predicted molar refractivity (Wildman–Crippen MR) is 83.8 cm³/mol. The van der Waals surface area contributed by atoms with Crippen LogP contribution in [0.5, 0.6) is 5.88 Å². The van der Waals surface area contributed by atoms with Crippen molar-refractivity contribution in [3.05, 3.63) is 35.5 Å². The largest absolute Gasteiger partial charge is 0.465 e. The Morgan fingerprint density at radius 2 is 2.00 bits per heavy atom. The summed E-state index contributed by atoms with van der Waals surface area (Å²) < 4.78 is 69.1. The van der Waals surface area contributed by atoms with Gasteiger partial charge in [0.25, 0.3) is 6.43 Å². The van der Waals surface area contributed by atoms with Crippen molar-refractivity contribution in [1.29, 1.82) is 0 Å². The normalized spacial score (nSPS) is 13.8. The first-order valence-corrected chi connectivity index (χ1v) is 7.21. The molecule has 0 fully saturated rings. The van der Waals surface area contributed by atoms with Crippen LogP contribution in [0, 0.1) is 6.92 Å². The minimum atomic E-state index is -4.52. The second kappa shape index (κ2) is 7.58. The Morgan fingerprint density at radius 1 is 1.31 bits per heavy atom. The van der Waals surface area contributed by atoms with Crippen molar-refractivity contribution in [1.82, 2.24) is 19.7 Å². The lowest BCUT2D eigenvalue weighted by molar-refractivity contribution is -0.189. The fourth-order valence-corrected chi connectivity index (χ4v) is 1.87. The molecule has 0 aliphatic carbocycles.